The number of carbonyl (C=O) groups is 1. The summed E-state index contributed by atoms with van der Waals surface area (Å²) in [4.78, 5) is 16.3. The number of nitrogens with one attached hydrogen (secondary N) is 2. The maximum Gasteiger partial charge on any atom is 0.253 e. The highest BCUT2D eigenvalue weighted by atomic mass is 35.5. The van der Waals surface area contributed by atoms with Crippen molar-refractivity contribution in [2.24, 2.45) is 0 Å². The topological polar surface area (TPSA) is 54.0 Å². The third kappa shape index (κ3) is 3.49. The number of hydrogen-bond acceptors (Lipinski definition) is 4. The summed E-state index contributed by atoms with van der Waals surface area (Å²) in [6.07, 6.45) is 1.49. The van der Waals surface area contributed by atoms with Crippen LogP contribution in [0.5, 0.6) is 0 Å². The van der Waals surface area contributed by atoms with E-state index in [1.807, 2.05) is 19.2 Å². The molecule has 0 saturated heterocycles. The van der Waals surface area contributed by atoms with E-state index in [0.717, 1.165) is 12.1 Å². The van der Waals surface area contributed by atoms with Gasteiger partial charge in [0.05, 0.1) is 10.6 Å². The molecule has 2 aromatic rings. The molecule has 0 saturated carbocycles. The molecule has 0 aromatic carbocycles. The first-order valence-electron chi connectivity index (χ1n) is 6.31. The molecule has 2 heterocycles. The lowest BCUT2D eigenvalue weighted by Crippen LogP contribution is -2.23. The van der Waals surface area contributed by atoms with E-state index in [4.69, 9.17) is 11.6 Å². The van der Waals surface area contributed by atoms with Gasteiger partial charge in [0.15, 0.2) is 0 Å². The van der Waals surface area contributed by atoms with E-state index in [-0.39, 0.29) is 5.91 Å². The van der Waals surface area contributed by atoms with Gasteiger partial charge in [0.2, 0.25) is 0 Å². The number of hydrogen-bond donors (Lipinski definition) is 2. The normalized spacial score (nSPS) is 10.3. The van der Waals surface area contributed by atoms with E-state index in [1.54, 1.807) is 17.4 Å². The highest BCUT2D eigenvalue weighted by Crippen LogP contribution is 2.18. The zero-order valence-electron chi connectivity index (χ0n) is 11.4. The Balaban J connectivity index is 2.08. The zero-order valence-corrected chi connectivity index (χ0v) is 12.9. The minimum absolute atomic E-state index is 0.192. The number of anilines is 1. The van der Waals surface area contributed by atoms with E-state index in [0.29, 0.717) is 22.9 Å². The predicted octanol–water partition coefficient (Wildman–Crippen LogP) is 3.47. The van der Waals surface area contributed by atoms with Gasteiger partial charge in [-0.25, -0.2) is 4.98 Å². The first kappa shape index (κ1) is 14.8. The van der Waals surface area contributed by atoms with Crippen LogP contribution in [0.4, 0.5) is 5.82 Å². The number of amides is 1. The molecule has 0 radical (unpaired) electrons. The Morgan fingerprint density at radius 1 is 1.45 bits per heavy atom. The highest BCUT2D eigenvalue weighted by Gasteiger charge is 2.12. The molecular formula is C14H16ClN3OS. The van der Waals surface area contributed by atoms with Crippen LogP contribution in [0.15, 0.2) is 23.0 Å². The Morgan fingerprint density at radius 2 is 2.25 bits per heavy atom. The third-order valence-corrected chi connectivity index (χ3v) is 4.07. The average molecular weight is 310 g/mol. The van der Waals surface area contributed by atoms with Crippen LogP contribution in [0.1, 0.15) is 28.4 Å². The summed E-state index contributed by atoms with van der Waals surface area (Å²) in [7, 11) is 0. The number of rotatable bonds is 5. The number of halogens is 1. The summed E-state index contributed by atoms with van der Waals surface area (Å²) in [6, 6.07) is 1.67. The van der Waals surface area contributed by atoms with Crippen molar-refractivity contribution in [3.63, 3.8) is 0 Å². The lowest BCUT2D eigenvalue weighted by atomic mass is 10.2. The lowest BCUT2D eigenvalue weighted by Gasteiger charge is -2.09. The maximum absolute atomic E-state index is 12.2. The largest absolute Gasteiger partial charge is 0.370 e. The molecular weight excluding hydrogens is 294 g/mol. The van der Waals surface area contributed by atoms with Crippen molar-refractivity contribution >= 4 is 34.7 Å². The molecule has 2 N–H and O–H groups in total. The molecule has 0 aliphatic heterocycles. The van der Waals surface area contributed by atoms with Gasteiger partial charge in [-0.05, 0) is 41.8 Å². The monoisotopic (exact) mass is 309 g/mol. The second-order valence-corrected chi connectivity index (χ2v) is 5.49. The quantitative estimate of drug-likeness (QED) is 0.889. The van der Waals surface area contributed by atoms with Gasteiger partial charge in [-0.15, -0.1) is 0 Å². The number of thiophene rings is 1. The molecule has 0 aliphatic rings. The molecule has 0 unspecified atom stereocenters. The van der Waals surface area contributed by atoms with Crippen molar-refractivity contribution in [3.05, 3.63) is 44.7 Å². The number of carbonyl (C=O) groups excluding carboxylic acids is 1. The molecule has 0 aliphatic carbocycles. The van der Waals surface area contributed by atoms with Gasteiger partial charge in [-0.3, -0.25) is 4.79 Å². The summed E-state index contributed by atoms with van der Waals surface area (Å²) in [5.74, 6) is 0.455. The van der Waals surface area contributed by atoms with Crippen molar-refractivity contribution in [1.29, 1.82) is 0 Å². The van der Waals surface area contributed by atoms with Gasteiger partial charge in [-0.1, -0.05) is 11.6 Å². The van der Waals surface area contributed by atoms with Gasteiger partial charge in [-0.2, -0.15) is 11.3 Å². The van der Waals surface area contributed by atoms with E-state index in [9.17, 15) is 4.79 Å². The fourth-order valence-electron chi connectivity index (χ4n) is 1.73. The van der Waals surface area contributed by atoms with Crippen LogP contribution in [-0.4, -0.2) is 17.4 Å². The first-order chi connectivity index (χ1) is 9.61. The lowest BCUT2D eigenvalue weighted by molar-refractivity contribution is 0.0951. The zero-order chi connectivity index (χ0) is 14.5. The van der Waals surface area contributed by atoms with Crippen molar-refractivity contribution < 1.29 is 4.79 Å². The predicted molar refractivity (Wildman–Crippen MR) is 83.6 cm³/mol. The van der Waals surface area contributed by atoms with Crippen molar-refractivity contribution in [2.45, 2.75) is 20.4 Å². The van der Waals surface area contributed by atoms with Gasteiger partial charge in [0.1, 0.15) is 5.82 Å². The molecule has 0 atom stereocenters. The van der Waals surface area contributed by atoms with Crippen LogP contribution in [0.3, 0.4) is 0 Å². The van der Waals surface area contributed by atoms with Crippen LogP contribution in [-0.2, 0) is 6.54 Å². The Bertz CT molecular complexity index is 612. The van der Waals surface area contributed by atoms with Gasteiger partial charge < -0.3 is 10.6 Å². The minimum Gasteiger partial charge on any atom is -0.370 e. The number of nitrogens with zero attached hydrogens (tertiary/aromatic N) is 1. The van der Waals surface area contributed by atoms with Gasteiger partial charge in [0.25, 0.3) is 5.91 Å². The van der Waals surface area contributed by atoms with E-state index in [2.05, 4.69) is 21.0 Å². The third-order valence-electron chi connectivity index (χ3n) is 2.86. The van der Waals surface area contributed by atoms with E-state index in [1.165, 1.54) is 11.8 Å². The Morgan fingerprint density at radius 3 is 2.90 bits per heavy atom. The standard InChI is InChI=1S/C14H16ClN3OS/c1-3-16-13-4-11(12(15)6-17-13)14(19)18-5-10-8-20-7-9(10)2/h4,6-8H,3,5H2,1-2H3,(H,16,17)(H,18,19). The Labute approximate surface area is 127 Å². The molecule has 20 heavy (non-hydrogen) atoms. The van der Waals surface area contributed by atoms with E-state index < -0.39 is 0 Å². The van der Waals surface area contributed by atoms with Crippen LogP contribution in [0, 0.1) is 6.92 Å². The summed E-state index contributed by atoms with van der Waals surface area (Å²) in [5, 5.41) is 10.4. The molecule has 0 bridgehead atoms. The Hall–Kier alpha value is -1.59. The van der Waals surface area contributed by atoms with Crippen molar-refractivity contribution in [2.75, 3.05) is 11.9 Å². The number of aryl methyl sites for hydroxylation is 1. The van der Waals surface area contributed by atoms with Crippen LogP contribution in [0.25, 0.3) is 0 Å². The highest BCUT2D eigenvalue weighted by molar-refractivity contribution is 7.08. The van der Waals surface area contributed by atoms with Crippen molar-refractivity contribution in [3.8, 4) is 0 Å². The molecule has 0 fully saturated rings. The number of aromatic nitrogens is 1. The van der Waals surface area contributed by atoms with Crippen LogP contribution >= 0.6 is 22.9 Å². The second-order valence-electron chi connectivity index (χ2n) is 4.34. The molecule has 6 heteroatoms. The van der Waals surface area contributed by atoms with Gasteiger partial charge >= 0.3 is 0 Å². The minimum atomic E-state index is -0.192. The van der Waals surface area contributed by atoms with Crippen LogP contribution in [0.2, 0.25) is 5.02 Å². The first-order valence-corrected chi connectivity index (χ1v) is 7.63. The van der Waals surface area contributed by atoms with Gasteiger partial charge in [0, 0.05) is 19.3 Å². The molecule has 2 rings (SSSR count). The summed E-state index contributed by atoms with van der Waals surface area (Å²) >= 11 is 7.66. The Kier molecular flexibility index (Phi) is 4.98. The summed E-state index contributed by atoms with van der Waals surface area (Å²) < 4.78 is 0. The SMILES string of the molecule is CCNc1cc(C(=O)NCc2cscc2C)c(Cl)cn1. The second kappa shape index (κ2) is 6.72. The smallest absolute Gasteiger partial charge is 0.253 e. The maximum atomic E-state index is 12.2. The molecule has 2 aromatic heterocycles. The average Bonchev–Trinajstić information content (AvgIpc) is 2.84. The molecule has 4 nitrogen and oxygen atoms in total. The summed E-state index contributed by atoms with van der Waals surface area (Å²) in [5.41, 5.74) is 2.75. The number of pyridine rings is 1. The fourth-order valence-corrected chi connectivity index (χ4v) is 2.78. The molecule has 1 amide bonds. The van der Waals surface area contributed by atoms with Crippen molar-refractivity contribution in [1.82, 2.24) is 10.3 Å². The summed E-state index contributed by atoms with van der Waals surface area (Å²) in [6.45, 7) is 5.24. The molecule has 0 spiro atoms. The van der Waals surface area contributed by atoms with E-state index >= 15 is 0 Å². The fraction of sp³-hybridized carbons (Fsp3) is 0.286. The van der Waals surface area contributed by atoms with Crippen LogP contribution < -0.4 is 10.6 Å². The molecule has 106 valence electrons.